The number of thioether (sulfide) groups is 1. The van der Waals surface area contributed by atoms with Gasteiger partial charge in [-0.25, -0.2) is 0 Å². The van der Waals surface area contributed by atoms with E-state index in [0.717, 1.165) is 23.7 Å². The van der Waals surface area contributed by atoms with E-state index in [9.17, 15) is 13.2 Å². The van der Waals surface area contributed by atoms with Gasteiger partial charge in [0, 0.05) is 4.90 Å². The molecular weight excluding hydrogens is 209 g/mol. The maximum absolute atomic E-state index is 11.9. The number of hydrogen-bond acceptors (Lipinski definition) is 1. The van der Waals surface area contributed by atoms with Crippen LogP contribution in [0.2, 0.25) is 0 Å². The molecule has 0 N–H and O–H groups in total. The molecule has 1 aromatic carbocycles. The first-order chi connectivity index (χ1) is 6.51. The van der Waals surface area contributed by atoms with Crippen LogP contribution in [0.25, 0.3) is 0 Å². The van der Waals surface area contributed by atoms with Crippen molar-refractivity contribution in [3.05, 3.63) is 29.8 Å². The van der Waals surface area contributed by atoms with E-state index in [1.807, 2.05) is 13.0 Å². The van der Waals surface area contributed by atoms with Gasteiger partial charge in [-0.15, -0.1) is 11.8 Å². The van der Waals surface area contributed by atoms with Gasteiger partial charge in [-0.1, -0.05) is 19.1 Å². The summed E-state index contributed by atoms with van der Waals surface area (Å²) in [5.41, 5.74) is 1.07. The Hall–Kier alpha value is -0.640. The van der Waals surface area contributed by atoms with Crippen molar-refractivity contribution in [2.45, 2.75) is 24.4 Å². The molecule has 0 amide bonds. The van der Waals surface area contributed by atoms with E-state index < -0.39 is 11.9 Å². The average Bonchev–Trinajstić information content (AvgIpc) is 2.14. The normalized spacial score (nSPS) is 11.7. The smallest absolute Gasteiger partial charge is 0.170 e. The van der Waals surface area contributed by atoms with E-state index in [1.165, 1.54) is 0 Å². The first kappa shape index (κ1) is 11.4. The zero-order chi connectivity index (χ0) is 10.6. The highest BCUT2D eigenvalue weighted by molar-refractivity contribution is 7.99. The van der Waals surface area contributed by atoms with Crippen molar-refractivity contribution in [2.75, 3.05) is 5.75 Å². The van der Waals surface area contributed by atoms with Crippen LogP contribution in [-0.4, -0.2) is 11.9 Å². The van der Waals surface area contributed by atoms with E-state index >= 15 is 0 Å². The predicted molar refractivity (Wildman–Crippen MR) is 52.6 cm³/mol. The predicted octanol–water partition coefficient (Wildman–Crippen LogP) is 3.90. The summed E-state index contributed by atoms with van der Waals surface area (Å²) in [5.74, 6) is -0.819. The van der Waals surface area contributed by atoms with Gasteiger partial charge in [-0.3, -0.25) is 0 Å². The minimum Gasteiger partial charge on any atom is -0.170 e. The first-order valence-electron chi connectivity index (χ1n) is 4.30. The highest BCUT2D eigenvalue weighted by Crippen LogP contribution is 2.27. The Labute approximate surface area is 85.5 Å². The fourth-order valence-corrected chi connectivity index (χ4v) is 1.76. The lowest BCUT2D eigenvalue weighted by Crippen LogP contribution is -2.10. The molecule has 14 heavy (non-hydrogen) atoms. The third kappa shape index (κ3) is 4.05. The summed E-state index contributed by atoms with van der Waals surface area (Å²) in [7, 11) is 0. The largest absolute Gasteiger partial charge is 0.398 e. The molecule has 4 heteroatoms. The maximum Gasteiger partial charge on any atom is 0.398 e. The Morgan fingerprint density at radius 3 is 2.57 bits per heavy atom. The summed E-state index contributed by atoms with van der Waals surface area (Å²) in [6, 6.07) is 7.21. The lowest BCUT2D eigenvalue weighted by Gasteiger charge is -2.06. The molecule has 0 saturated carbocycles. The monoisotopic (exact) mass is 220 g/mol. The van der Waals surface area contributed by atoms with Gasteiger partial charge in [-0.05, 0) is 24.1 Å². The minimum atomic E-state index is -4.09. The highest BCUT2D eigenvalue weighted by Gasteiger charge is 2.27. The fraction of sp³-hybridized carbons (Fsp3) is 0.400. The second-order valence-corrected chi connectivity index (χ2v) is 3.95. The summed E-state index contributed by atoms with van der Waals surface area (Å²) in [5, 5.41) is 0. The van der Waals surface area contributed by atoms with Gasteiger partial charge in [0.05, 0.1) is 5.75 Å². The van der Waals surface area contributed by atoms with Crippen molar-refractivity contribution in [3.8, 4) is 0 Å². The molecule has 0 nitrogen and oxygen atoms in total. The molecule has 0 heterocycles. The SMILES string of the molecule is CCc1cccc(SCC(F)(F)F)c1. The maximum atomic E-state index is 11.9. The molecule has 78 valence electrons. The van der Waals surface area contributed by atoms with Crippen molar-refractivity contribution in [3.63, 3.8) is 0 Å². The van der Waals surface area contributed by atoms with Crippen molar-refractivity contribution in [1.29, 1.82) is 0 Å². The van der Waals surface area contributed by atoms with Crippen LogP contribution < -0.4 is 0 Å². The summed E-state index contributed by atoms with van der Waals surface area (Å²) < 4.78 is 35.7. The van der Waals surface area contributed by atoms with Crippen LogP contribution >= 0.6 is 11.8 Å². The summed E-state index contributed by atoms with van der Waals surface area (Å²) >= 11 is 0.832. The summed E-state index contributed by atoms with van der Waals surface area (Å²) in [6.45, 7) is 1.98. The van der Waals surface area contributed by atoms with Gasteiger partial charge in [0.1, 0.15) is 0 Å². The molecule has 1 rings (SSSR count). The van der Waals surface area contributed by atoms with Crippen LogP contribution in [0.5, 0.6) is 0 Å². The second-order valence-electron chi connectivity index (χ2n) is 2.90. The van der Waals surface area contributed by atoms with E-state index in [2.05, 4.69) is 0 Å². The minimum absolute atomic E-state index is 0.682. The highest BCUT2D eigenvalue weighted by atomic mass is 32.2. The lowest BCUT2D eigenvalue weighted by atomic mass is 10.2. The zero-order valence-electron chi connectivity index (χ0n) is 7.77. The Balaban J connectivity index is 2.59. The third-order valence-electron chi connectivity index (χ3n) is 1.71. The topological polar surface area (TPSA) is 0 Å². The van der Waals surface area contributed by atoms with Crippen LogP contribution in [0.3, 0.4) is 0 Å². The Morgan fingerprint density at radius 2 is 2.00 bits per heavy atom. The standard InChI is InChI=1S/C10H11F3S/c1-2-8-4-3-5-9(6-8)14-7-10(11,12)13/h3-6H,2,7H2,1H3. The molecule has 0 radical (unpaired) electrons. The number of alkyl halides is 3. The molecule has 0 aliphatic carbocycles. The van der Waals surface area contributed by atoms with E-state index in [-0.39, 0.29) is 0 Å². The molecule has 0 unspecified atom stereocenters. The van der Waals surface area contributed by atoms with Crippen molar-refractivity contribution in [2.24, 2.45) is 0 Å². The Morgan fingerprint density at radius 1 is 1.29 bits per heavy atom. The Bertz CT molecular complexity index is 294. The number of halogens is 3. The van der Waals surface area contributed by atoms with Crippen molar-refractivity contribution < 1.29 is 13.2 Å². The molecule has 0 bridgehead atoms. The zero-order valence-corrected chi connectivity index (χ0v) is 8.58. The molecule has 0 atom stereocenters. The van der Waals surface area contributed by atoms with Crippen molar-refractivity contribution in [1.82, 2.24) is 0 Å². The molecule has 1 aromatic rings. The van der Waals surface area contributed by atoms with Gasteiger partial charge in [0.25, 0.3) is 0 Å². The average molecular weight is 220 g/mol. The molecule has 0 spiro atoms. The Kier molecular flexibility index (Phi) is 3.86. The van der Waals surface area contributed by atoms with Gasteiger partial charge in [0.2, 0.25) is 0 Å². The number of benzene rings is 1. The summed E-state index contributed by atoms with van der Waals surface area (Å²) in [6.07, 6.45) is -3.24. The first-order valence-corrected chi connectivity index (χ1v) is 5.28. The van der Waals surface area contributed by atoms with Crippen LogP contribution in [0.15, 0.2) is 29.2 Å². The molecule has 0 fully saturated rings. The molecule has 0 aliphatic heterocycles. The van der Waals surface area contributed by atoms with Gasteiger partial charge in [0.15, 0.2) is 0 Å². The third-order valence-corrected chi connectivity index (χ3v) is 2.77. The number of hydrogen-bond donors (Lipinski definition) is 0. The quantitative estimate of drug-likeness (QED) is 0.696. The van der Waals surface area contributed by atoms with Crippen LogP contribution in [-0.2, 0) is 6.42 Å². The van der Waals surface area contributed by atoms with Gasteiger partial charge in [-0.2, -0.15) is 13.2 Å². The molecule has 0 saturated heterocycles. The second kappa shape index (κ2) is 4.73. The number of rotatable bonds is 3. The van der Waals surface area contributed by atoms with Crippen LogP contribution in [0.4, 0.5) is 13.2 Å². The van der Waals surface area contributed by atoms with Gasteiger partial charge >= 0.3 is 6.18 Å². The van der Waals surface area contributed by atoms with Crippen LogP contribution in [0, 0.1) is 0 Å². The molecule has 0 aliphatic rings. The molecular formula is C10H11F3S. The van der Waals surface area contributed by atoms with Crippen molar-refractivity contribution >= 4 is 11.8 Å². The number of aryl methyl sites for hydroxylation is 1. The fourth-order valence-electron chi connectivity index (χ4n) is 1.02. The van der Waals surface area contributed by atoms with Gasteiger partial charge < -0.3 is 0 Å². The van der Waals surface area contributed by atoms with E-state index in [1.54, 1.807) is 18.2 Å². The van der Waals surface area contributed by atoms with E-state index in [4.69, 9.17) is 0 Å². The van der Waals surface area contributed by atoms with E-state index in [0.29, 0.717) is 4.90 Å². The lowest BCUT2D eigenvalue weighted by molar-refractivity contribution is -0.105. The summed E-state index contributed by atoms with van der Waals surface area (Å²) in [4.78, 5) is 0.682. The van der Waals surface area contributed by atoms with Crippen LogP contribution in [0.1, 0.15) is 12.5 Å². The molecule has 0 aromatic heterocycles.